The molecule has 8 heteroatoms. The smallest absolute Gasteiger partial charge is 0.163 e. The Bertz CT molecular complexity index is 1090. The van der Waals surface area contributed by atoms with Crippen molar-refractivity contribution in [2.24, 2.45) is 0 Å². The van der Waals surface area contributed by atoms with Gasteiger partial charge in [0.15, 0.2) is 23.0 Å². The summed E-state index contributed by atoms with van der Waals surface area (Å²) < 4.78 is 22.6. The fourth-order valence-electron chi connectivity index (χ4n) is 3.13. The minimum atomic E-state index is 0.261. The predicted molar refractivity (Wildman–Crippen MR) is 124 cm³/mol. The lowest BCUT2D eigenvalue weighted by molar-refractivity contribution is 0.171. The van der Waals surface area contributed by atoms with Crippen molar-refractivity contribution >= 4 is 40.5 Å². The Labute approximate surface area is 195 Å². The summed E-state index contributed by atoms with van der Waals surface area (Å²) in [6.07, 6.45) is 0. The van der Waals surface area contributed by atoms with Crippen LogP contribution in [0, 0.1) is 0 Å². The van der Waals surface area contributed by atoms with E-state index in [1.807, 2.05) is 30.3 Å². The maximum Gasteiger partial charge on any atom is 0.163 e. The summed E-state index contributed by atoms with van der Waals surface area (Å²) in [7, 11) is 1.59. The third-order valence-corrected chi connectivity index (χ3v) is 5.69. The van der Waals surface area contributed by atoms with Crippen LogP contribution in [0.1, 0.15) is 11.1 Å². The first-order chi connectivity index (χ1) is 15.0. The van der Waals surface area contributed by atoms with Gasteiger partial charge in [0.25, 0.3) is 0 Å². The van der Waals surface area contributed by atoms with E-state index in [4.69, 9.17) is 53.8 Å². The van der Waals surface area contributed by atoms with Gasteiger partial charge in [0.05, 0.1) is 7.11 Å². The van der Waals surface area contributed by atoms with Crippen LogP contribution in [0.3, 0.4) is 0 Å². The summed E-state index contributed by atoms with van der Waals surface area (Å²) in [4.78, 5) is 0. The summed E-state index contributed by atoms with van der Waals surface area (Å²) >= 11 is 18.7. The monoisotopic (exact) mass is 479 g/mol. The third kappa shape index (κ3) is 5.24. The zero-order valence-corrected chi connectivity index (χ0v) is 19.0. The van der Waals surface area contributed by atoms with Crippen LogP contribution < -0.4 is 24.3 Å². The molecule has 3 aromatic rings. The molecule has 0 bridgehead atoms. The zero-order chi connectivity index (χ0) is 21.8. The van der Waals surface area contributed by atoms with Crippen molar-refractivity contribution < 1.29 is 18.9 Å². The minimum Gasteiger partial charge on any atom is -0.493 e. The quantitative estimate of drug-likeness (QED) is 0.412. The number of benzene rings is 3. The van der Waals surface area contributed by atoms with E-state index in [9.17, 15) is 0 Å². The molecule has 0 spiro atoms. The Hall–Kier alpha value is -2.47. The number of anilines is 1. The van der Waals surface area contributed by atoms with Gasteiger partial charge in [-0.15, -0.1) is 0 Å². The number of ether oxygens (including phenoxy) is 4. The number of fused-ring (bicyclic) bond motifs is 1. The molecule has 1 N–H and O–H groups in total. The van der Waals surface area contributed by atoms with Crippen molar-refractivity contribution in [3.63, 3.8) is 0 Å². The molecular weight excluding hydrogens is 461 g/mol. The Morgan fingerprint density at radius 1 is 0.839 bits per heavy atom. The van der Waals surface area contributed by atoms with Crippen LogP contribution in [0.15, 0.2) is 48.5 Å². The average molecular weight is 481 g/mol. The van der Waals surface area contributed by atoms with Gasteiger partial charge in [-0.1, -0.05) is 40.9 Å². The van der Waals surface area contributed by atoms with E-state index in [-0.39, 0.29) is 6.61 Å². The molecule has 0 fully saturated rings. The molecule has 0 amide bonds. The molecule has 3 aromatic carbocycles. The van der Waals surface area contributed by atoms with E-state index in [0.29, 0.717) is 46.3 Å². The molecule has 0 radical (unpaired) electrons. The molecule has 0 aromatic heterocycles. The van der Waals surface area contributed by atoms with Crippen LogP contribution >= 0.6 is 34.8 Å². The number of nitrogens with one attached hydrogen (secondary N) is 1. The van der Waals surface area contributed by atoms with E-state index in [1.54, 1.807) is 25.3 Å². The van der Waals surface area contributed by atoms with Gasteiger partial charge in [0.1, 0.15) is 19.8 Å². The molecule has 0 saturated carbocycles. The molecule has 4 rings (SSSR count). The van der Waals surface area contributed by atoms with E-state index in [1.165, 1.54) is 0 Å². The first-order valence-corrected chi connectivity index (χ1v) is 10.7. The van der Waals surface area contributed by atoms with Gasteiger partial charge in [0.2, 0.25) is 0 Å². The van der Waals surface area contributed by atoms with Crippen molar-refractivity contribution in [1.29, 1.82) is 0 Å². The van der Waals surface area contributed by atoms with E-state index >= 15 is 0 Å². The Morgan fingerprint density at radius 3 is 2.39 bits per heavy atom. The highest BCUT2D eigenvalue weighted by atomic mass is 35.5. The molecule has 1 aliphatic heterocycles. The van der Waals surface area contributed by atoms with Gasteiger partial charge >= 0.3 is 0 Å². The second-order valence-corrected chi connectivity index (χ2v) is 8.08. The van der Waals surface area contributed by atoms with E-state index in [0.717, 1.165) is 28.3 Å². The molecular formula is C23H20Cl3NO4. The predicted octanol–water partition coefficient (Wildman–Crippen LogP) is 6.62. The number of methoxy groups -OCH3 is 1. The van der Waals surface area contributed by atoms with Crippen LogP contribution in [-0.4, -0.2) is 20.3 Å². The van der Waals surface area contributed by atoms with Crippen LogP contribution in [0.25, 0.3) is 0 Å². The lowest BCUT2D eigenvalue weighted by Gasteiger charge is -2.19. The summed E-state index contributed by atoms with van der Waals surface area (Å²) in [5, 5.41) is 5.02. The van der Waals surface area contributed by atoms with Gasteiger partial charge < -0.3 is 24.3 Å². The fraction of sp³-hybridized carbons (Fsp3) is 0.217. The van der Waals surface area contributed by atoms with E-state index < -0.39 is 0 Å². The van der Waals surface area contributed by atoms with Crippen molar-refractivity contribution in [1.82, 2.24) is 0 Å². The number of rotatable bonds is 7. The van der Waals surface area contributed by atoms with Gasteiger partial charge in [-0.3, -0.25) is 0 Å². The van der Waals surface area contributed by atoms with Crippen molar-refractivity contribution in [3.05, 3.63) is 74.7 Å². The normalized spacial score (nSPS) is 12.4. The Balaban J connectivity index is 1.45. The molecule has 1 aliphatic rings. The molecule has 1 heterocycles. The summed E-state index contributed by atoms with van der Waals surface area (Å²) in [5.74, 6) is 2.58. The molecule has 0 saturated heterocycles. The highest BCUT2D eigenvalue weighted by Crippen LogP contribution is 2.36. The zero-order valence-electron chi connectivity index (χ0n) is 16.7. The minimum absolute atomic E-state index is 0.261. The van der Waals surface area contributed by atoms with Crippen molar-refractivity contribution in [2.45, 2.75) is 13.2 Å². The van der Waals surface area contributed by atoms with Crippen molar-refractivity contribution in [3.8, 4) is 23.0 Å². The lowest BCUT2D eigenvalue weighted by Crippen LogP contribution is -2.15. The Morgan fingerprint density at radius 2 is 1.61 bits per heavy atom. The third-order valence-electron chi connectivity index (χ3n) is 4.76. The topological polar surface area (TPSA) is 49.0 Å². The van der Waals surface area contributed by atoms with Crippen molar-refractivity contribution in [2.75, 3.05) is 25.6 Å². The van der Waals surface area contributed by atoms with Crippen LogP contribution in [0.5, 0.6) is 23.0 Å². The number of hydrogen-bond donors (Lipinski definition) is 1. The summed E-state index contributed by atoms with van der Waals surface area (Å²) in [6.45, 7) is 1.87. The van der Waals surface area contributed by atoms with E-state index in [2.05, 4.69) is 5.32 Å². The number of hydrogen-bond acceptors (Lipinski definition) is 5. The molecule has 0 unspecified atom stereocenters. The first kappa shape index (κ1) is 21.8. The van der Waals surface area contributed by atoms with Crippen LogP contribution in [0.2, 0.25) is 15.1 Å². The molecule has 31 heavy (non-hydrogen) atoms. The van der Waals surface area contributed by atoms with Gasteiger partial charge in [-0.2, -0.15) is 0 Å². The molecule has 0 aliphatic carbocycles. The summed E-state index contributed by atoms with van der Waals surface area (Å²) in [6, 6.07) is 14.6. The Kier molecular flexibility index (Phi) is 6.86. The molecule has 162 valence electrons. The number of halogens is 3. The van der Waals surface area contributed by atoms with Crippen LogP contribution in [-0.2, 0) is 13.2 Å². The van der Waals surface area contributed by atoms with Crippen LogP contribution in [0.4, 0.5) is 5.69 Å². The average Bonchev–Trinajstić information content (AvgIpc) is 2.77. The molecule has 0 atom stereocenters. The lowest BCUT2D eigenvalue weighted by atomic mass is 10.1. The largest absolute Gasteiger partial charge is 0.493 e. The maximum absolute atomic E-state index is 6.51. The standard InChI is InChI=1S/C23H20Cl3NO4/c1-28-21-8-15(12-27-17-4-5-20-22(10-17)30-7-6-29-20)19(26)11-23(21)31-13-14-2-3-16(24)9-18(14)25/h2-5,8-11,27H,6-7,12-13H2,1H3. The SMILES string of the molecule is COc1cc(CNc2ccc3c(c2)OCCO3)c(Cl)cc1OCc1ccc(Cl)cc1Cl. The van der Waals surface area contributed by atoms with Gasteiger partial charge in [-0.25, -0.2) is 0 Å². The fourth-order valence-corrected chi connectivity index (χ4v) is 3.81. The second kappa shape index (κ2) is 9.77. The second-order valence-electron chi connectivity index (χ2n) is 6.83. The first-order valence-electron chi connectivity index (χ1n) is 9.60. The summed E-state index contributed by atoms with van der Waals surface area (Å²) in [5.41, 5.74) is 2.58. The highest BCUT2D eigenvalue weighted by Gasteiger charge is 2.14. The molecule has 5 nitrogen and oxygen atoms in total. The maximum atomic E-state index is 6.51. The van der Waals surface area contributed by atoms with Gasteiger partial charge in [-0.05, 0) is 35.9 Å². The highest BCUT2D eigenvalue weighted by molar-refractivity contribution is 6.35. The van der Waals surface area contributed by atoms with Gasteiger partial charge in [0, 0.05) is 45.0 Å².